The zero-order chi connectivity index (χ0) is 23.5. The smallest absolute Gasteiger partial charge is 0.231 e. The van der Waals surface area contributed by atoms with E-state index in [1.807, 2.05) is 48.5 Å². The van der Waals surface area contributed by atoms with Gasteiger partial charge in [0.05, 0.1) is 20.6 Å². The van der Waals surface area contributed by atoms with E-state index in [-0.39, 0.29) is 12.7 Å². The van der Waals surface area contributed by atoms with E-state index in [4.69, 9.17) is 18.9 Å². The van der Waals surface area contributed by atoms with Crippen molar-refractivity contribution in [2.24, 2.45) is 0 Å². The minimum atomic E-state index is -0.0383. The van der Waals surface area contributed by atoms with Crippen LogP contribution in [0.1, 0.15) is 16.7 Å². The van der Waals surface area contributed by atoms with Gasteiger partial charge in [0.25, 0.3) is 0 Å². The fourth-order valence-electron chi connectivity index (χ4n) is 4.24. The third-order valence-electron chi connectivity index (χ3n) is 5.91. The molecule has 0 fully saturated rings. The van der Waals surface area contributed by atoms with Gasteiger partial charge in [-0.25, -0.2) is 0 Å². The zero-order valence-corrected chi connectivity index (χ0v) is 19.2. The maximum absolute atomic E-state index is 12.8. The Morgan fingerprint density at radius 1 is 0.941 bits per heavy atom. The lowest BCUT2D eigenvalue weighted by Gasteiger charge is -2.10. The van der Waals surface area contributed by atoms with E-state index < -0.39 is 0 Å². The highest BCUT2D eigenvalue weighted by atomic mass is 16.7. The molecule has 0 aliphatic carbocycles. The highest BCUT2D eigenvalue weighted by Gasteiger charge is 2.15. The predicted molar refractivity (Wildman–Crippen MR) is 129 cm³/mol. The summed E-state index contributed by atoms with van der Waals surface area (Å²) in [4.78, 5) is 12.8. The number of nitrogens with zero attached hydrogens (tertiary/aromatic N) is 1. The Kier molecular flexibility index (Phi) is 5.99. The van der Waals surface area contributed by atoms with Crippen LogP contribution < -0.4 is 24.3 Å². The third-order valence-corrected chi connectivity index (χ3v) is 5.91. The molecule has 1 N–H and O–H groups in total. The van der Waals surface area contributed by atoms with Crippen LogP contribution in [0.3, 0.4) is 0 Å². The Labute approximate surface area is 197 Å². The summed E-state index contributed by atoms with van der Waals surface area (Å²) in [5, 5.41) is 4.08. The number of methoxy groups -OCH3 is 2. The molecule has 2 heterocycles. The van der Waals surface area contributed by atoms with E-state index in [2.05, 4.69) is 28.2 Å². The normalized spacial score (nSPS) is 12.1. The molecule has 0 radical (unpaired) electrons. The number of ether oxygens (including phenoxy) is 4. The average molecular weight is 459 g/mol. The summed E-state index contributed by atoms with van der Waals surface area (Å²) in [6.07, 6.45) is 2.34. The highest BCUT2D eigenvalue weighted by molar-refractivity contribution is 5.89. The molecule has 7 nitrogen and oxygen atoms in total. The molecule has 174 valence electrons. The van der Waals surface area contributed by atoms with Gasteiger partial charge in [0.2, 0.25) is 12.7 Å². The van der Waals surface area contributed by atoms with Crippen LogP contribution in [0.2, 0.25) is 0 Å². The molecular formula is C27H26N2O5. The van der Waals surface area contributed by atoms with Crippen LogP contribution in [-0.4, -0.2) is 31.5 Å². The summed E-state index contributed by atoms with van der Waals surface area (Å²) in [5.41, 5.74) is 4.07. The Morgan fingerprint density at radius 2 is 1.71 bits per heavy atom. The van der Waals surface area contributed by atoms with Gasteiger partial charge in [0, 0.05) is 36.3 Å². The van der Waals surface area contributed by atoms with Gasteiger partial charge in [0.1, 0.15) is 11.5 Å². The number of rotatable bonds is 8. The second kappa shape index (κ2) is 9.39. The second-order valence-corrected chi connectivity index (χ2v) is 8.16. The number of carbonyl (C=O) groups excluding carboxylic acids is 1. The van der Waals surface area contributed by atoms with E-state index in [0.717, 1.165) is 44.8 Å². The molecule has 1 aromatic heterocycles. The van der Waals surface area contributed by atoms with Crippen LogP contribution in [0.5, 0.6) is 23.0 Å². The number of hydrogen-bond acceptors (Lipinski definition) is 5. The first kappa shape index (κ1) is 21.7. The largest absolute Gasteiger partial charge is 0.497 e. The van der Waals surface area contributed by atoms with Gasteiger partial charge in [0.15, 0.2) is 11.5 Å². The van der Waals surface area contributed by atoms with E-state index >= 15 is 0 Å². The Hall–Kier alpha value is -4.13. The molecule has 0 spiro atoms. The van der Waals surface area contributed by atoms with Crippen molar-refractivity contribution in [2.45, 2.75) is 19.5 Å². The van der Waals surface area contributed by atoms with Gasteiger partial charge >= 0.3 is 0 Å². The molecular weight excluding hydrogens is 432 g/mol. The summed E-state index contributed by atoms with van der Waals surface area (Å²) in [6, 6.07) is 19.7. The minimum Gasteiger partial charge on any atom is -0.497 e. The number of aromatic nitrogens is 1. The van der Waals surface area contributed by atoms with Gasteiger partial charge in [-0.1, -0.05) is 24.3 Å². The Balaban J connectivity index is 1.33. The molecule has 0 saturated heterocycles. The molecule has 3 aromatic carbocycles. The average Bonchev–Trinajstić information content (AvgIpc) is 3.47. The molecule has 0 unspecified atom stereocenters. The molecule has 1 aliphatic rings. The van der Waals surface area contributed by atoms with E-state index in [1.165, 1.54) is 0 Å². The number of amides is 1. The predicted octanol–water partition coefficient (Wildman–Crippen LogP) is 4.29. The van der Waals surface area contributed by atoms with Crippen molar-refractivity contribution in [2.75, 3.05) is 21.0 Å². The van der Waals surface area contributed by atoms with Crippen LogP contribution >= 0.6 is 0 Å². The number of para-hydroxylation sites is 1. The summed E-state index contributed by atoms with van der Waals surface area (Å²) >= 11 is 0. The minimum absolute atomic E-state index is 0.0383. The first-order chi connectivity index (χ1) is 16.6. The topological polar surface area (TPSA) is 71.0 Å². The zero-order valence-electron chi connectivity index (χ0n) is 19.2. The van der Waals surface area contributed by atoms with Crippen molar-refractivity contribution in [3.63, 3.8) is 0 Å². The van der Waals surface area contributed by atoms with E-state index in [1.54, 1.807) is 14.2 Å². The lowest BCUT2D eigenvalue weighted by molar-refractivity contribution is -0.120. The standard InChI is InChI=1S/C27H26N2O5/c1-31-21-9-19(10-22(13-21)32-2)15-29-16-20(23-5-3-4-6-24(23)29)12-27(30)28-14-18-7-8-25-26(11-18)34-17-33-25/h3-11,13,16H,12,14-15,17H2,1-2H3,(H,28,30). The van der Waals surface area contributed by atoms with Crippen molar-refractivity contribution in [3.8, 4) is 23.0 Å². The molecule has 1 aliphatic heterocycles. The van der Waals surface area contributed by atoms with Gasteiger partial charge in [-0.15, -0.1) is 0 Å². The van der Waals surface area contributed by atoms with Gasteiger partial charge in [-0.05, 0) is 47.0 Å². The number of fused-ring (bicyclic) bond motifs is 2. The maximum atomic E-state index is 12.8. The molecule has 4 aromatic rings. The fourth-order valence-corrected chi connectivity index (χ4v) is 4.24. The van der Waals surface area contributed by atoms with E-state index in [9.17, 15) is 4.79 Å². The third kappa shape index (κ3) is 4.50. The van der Waals surface area contributed by atoms with Crippen molar-refractivity contribution >= 4 is 16.8 Å². The number of nitrogens with one attached hydrogen (secondary N) is 1. The van der Waals surface area contributed by atoms with Gasteiger partial charge in [-0.2, -0.15) is 0 Å². The Morgan fingerprint density at radius 3 is 2.50 bits per heavy atom. The lowest BCUT2D eigenvalue weighted by atomic mass is 10.1. The maximum Gasteiger partial charge on any atom is 0.231 e. The molecule has 1 amide bonds. The number of carbonyl (C=O) groups is 1. The van der Waals surface area contributed by atoms with E-state index in [0.29, 0.717) is 25.3 Å². The van der Waals surface area contributed by atoms with Crippen molar-refractivity contribution in [1.82, 2.24) is 9.88 Å². The Bertz CT molecular complexity index is 1320. The van der Waals surface area contributed by atoms with Crippen molar-refractivity contribution in [1.29, 1.82) is 0 Å². The first-order valence-electron chi connectivity index (χ1n) is 11.1. The van der Waals surface area contributed by atoms with Crippen LogP contribution in [-0.2, 0) is 24.3 Å². The summed E-state index contributed by atoms with van der Waals surface area (Å²) < 4.78 is 23.7. The molecule has 0 bridgehead atoms. The lowest BCUT2D eigenvalue weighted by Crippen LogP contribution is -2.24. The van der Waals surface area contributed by atoms with Crippen LogP contribution in [0.4, 0.5) is 0 Å². The second-order valence-electron chi connectivity index (χ2n) is 8.16. The van der Waals surface area contributed by atoms with Crippen LogP contribution in [0.25, 0.3) is 10.9 Å². The van der Waals surface area contributed by atoms with Crippen molar-refractivity contribution < 1.29 is 23.7 Å². The fraction of sp³-hybridized carbons (Fsp3) is 0.222. The van der Waals surface area contributed by atoms with Gasteiger partial charge < -0.3 is 28.8 Å². The number of benzene rings is 3. The van der Waals surface area contributed by atoms with Gasteiger partial charge in [-0.3, -0.25) is 4.79 Å². The first-order valence-corrected chi connectivity index (χ1v) is 11.1. The van der Waals surface area contributed by atoms with Crippen molar-refractivity contribution in [3.05, 3.63) is 83.6 Å². The number of hydrogen-bond donors (Lipinski definition) is 1. The molecule has 0 saturated carbocycles. The quantitative estimate of drug-likeness (QED) is 0.427. The van der Waals surface area contributed by atoms with Crippen LogP contribution in [0.15, 0.2) is 66.9 Å². The summed E-state index contributed by atoms with van der Waals surface area (Å²) in [6.45, 7) is 1.29. The summed E-state index contributed by atoms with van der Waals surface area (Å²) in [7, 11) is 3.29. The van der Waals surface area contributed by atoms with Crippen LogP contribution in [0, 0.1) is 0 Å². The molecule has 34 heavy (non-hydrogen) atoms. The summed E-state index contributed by atoms with van der Waals surface area (Å²) in [5.74, 6) is 2.90. The molecule has 7 heteroatoms. The SMILES string of the molecule is COc1cc(Cn2cc(CC(=O)NCc3ccc4c(c3)OCO4)c3ccccc32)cc(OC)c1. The molecule has 0 atom stereocenters. The molecule has 5 rings (SSSR count). The highest BCUT2D eigenvalue weighted by Crippen LogP contribution is 2.32. The monoisotopic (exact) mass is 458 g/mol.